The third-order valence-electron chi connectivity index (χ3n) is 15.0. The Morgan fingerprint density at radius 3 is 2.10 bits per heavy atom. The molecule has 0 saturated carbocycles. The van der Waals surface area contributed by atoms with E-state index in [1.54, 1.807) is 24.3 Å². The van der Waals surface area contributed by atoms with Crippen LogP contribution in [0.15, 0.2) is 59.5 Å². The van der Waals surface area contributed by atoms with Gasteiger partial charge in [-0.3, -0.25) is 4.79 Å². The molecule has 0 unspecified atom stereocenters. The molecule has 0 radical (unpaired) electrons. The highest BCUT2D eigenvalue weighted by Crippen LogP contribution is 2.49. The number of nitrogens with zero attached hydrogens (tertiary/aromatic N) is 2. The predicted molar refractivity (Wildman–Crippen MR) is 280 cm³/mol. The number of sulfonamides is 1. The van der Waals surface area contributed by atoms with E-state index in [4.69, 9.17) is 30.4 Å². The summed E-state index contributed by atoms with van der Waals surface area (Å²) in [4.78, 5) is 16.6. The molecule has 10 rings (SSSR count). The second-order valence-corrected chi connectivity index (χ2v) is 21.7. The Kier molecular flexibility index (Phi) is 14.2. The lowest BCUT2D eigenvalue weighted by atomic mass is 9.82. The van der Waals surface area contributed by atoms with Gasteiger partial charge in [-0.05, 0) is 180 Å². The standard InChI is InChI=1S/C57H68N6O7S/c1-35-28-42(29-36(2)38(35)4)61-57(64)41-33-49(67-25-9-18-58)56(69-26-10-19-59)50(34-41)68-27-11-20-60-71(65,66)43-16-17-44(37(3)30-43)51-47-31-39-12-5-21-62-23-7-14-45(52(39)62)54(47)70-55-46-15-8-24-63-22-6-13-40(53(46)63)32-48(51)55/h16-17,28-34,60H,5-15,18-27,58-59H2,1-4H3/p+1. The largest absolute Gasteiger partial charge is 0.489 e. The van der Waals surface area contributed by atoms with E-state index >= 15 is 0 Å². The first-order valence-corrected chi connectivity index (χ1v) is 27.3. The summed E-state index contributed by atoms with van der Waals surface area (Å²) in [5.41, 5.74) is 26.9. The molecule has 5 aromatic carbocycles. The number of benzene rings is 5. The minimum Gasteiger partial charge on any atom is -0.489 e. The van der Waals surface area contributed by atoms with Crippen LogP contribution in [0.5, 0.6) is 28.7 Å². The number of anilines is 2. The highest BCUT2D eigenvalue weighted by atomic mass is 32.2. The Balaban J connectivity index is 0.913. The van der Waals surface area contributed by atoms with E-state index in [1.807, 2.05) is 39.0 Å². The van der Waals surface area contributed by atoms with Gasteiger partial charge < -0.3 is 40.6 Å². The van der Waals surface area contributed by atoms with E-state index in [9.17, 15) is 13.2 Å². The summed E-state index contributed by atoms with van der Waals surface area (Å²) in [6.07, 6.45) is 10.0. The Bertz CT molecular complexity index is 3140. The third kappa shape index (κ3) is 9.63. The first-order chi connectivity index (χ1) is 34.4. The molecule has 0 spiro atoms. The number of ether oxygens (including phenoxy) is 4. The van der Waals surface area contributed by atoms with Gasteiger partial charge in [0, 0.05) is 76.9 Å². The van der Waals surface area contributed by atoms with Crippen LogP contribution in [0.2, 0.25) is 0 Å². The van der Waals surface area contributed by atoms with Crippen molar-refractivity contribution in [1.82, 2.24) is 9.30 Å². The van der Waals surface area contributed by atoms with Gasteiger partial charge in [-0.15, -0.1) is 0 Å². The van der Waals surface area contributed by atoms with Crippen molar-refractivity contribution in [2.75, 3.05) is 75.9 Å². The van der Waals surface area contributed by atoms with Gasteiger partial charge in [-0.2, -0.15) is 0 Å². The molecular weight excluding hydrogens is 913 g/mol. The van der Waals surface area contributed by atoms with Crippen LogP contribution in [0.1, 0.15) is 111 Å². The fourth-order valence-corrected chi connectivity index (χ4v) is 12.5. The van der Waals surface area contributed by atoms with Gasteiger partial charge in [0.1, 0.15) is 24.6 Å². The summed E-state index contributed by atoms with van der Waals surface area (Å²) in [7, 11) is -3.91. The molecule has 71 heavy (non-hydrogen) atoms. The molecule has 5 aliphatic rings. The first kappa shape index (κ1) is 48.7. The molecule has 0 aliphatic carbocycles. The zero-order valence-electron chi connectivity index (χ0n) is 41.9. The maximum atomic E-state index is 14.1. The fourth-order valence-electron chi connectivity index (χ4n) is 11.3. The fraction of sp³-hybridized carbons (Fsp3) is 0.439. The second-order valence-electron chi connectivity index (χ2n) is 19.9. The van der Waals surface area contributed by atoms with Gasteiger partial charge >= 0.3 is 0 Å². The molecule has 0 aromatic heterocycles. The number of hydrogen-bond donors (Lipinski definition) is 4. The lowest BCUT2D eigenvalue weighted by molar-refractivity contribution is 0.102. The number of fused-ring (bicyclic) bond motifs is 4. The minimum absolute atomic E-state index is 0.115. The SMILES string of the molecule is Cc1cc(S(=O)(=O)NCCCOc2cc(C(=O)Nc3cc(C)c(C)c(C)c3)cc(OCCCN)c2OCCCN)ccc1C1=c2cc3c4c(c2Oc2c1cc1c5c2CCCN5CCC1)CCC[N+]=4CCC3. The molecule has 6 N–H and O–H groups in total. The third-order valence-corrected chi connectivity index (χ3v) is 16.5. The van der Waals surface area contributed by atoms with Crippen LogP contribution in [0.25, 0.3) is 5.57 Å². The zero-order chi connectivity index (χ0) is 49.4. The summed E-state index contributed by atoms with van der Waals surface area (Å²) < 4.78 is 59.4. The van der Waals surface area contributed by atoms with Crippen molar-refractivity contribution in [3.8, 4) is 28.7 Å². The molecule has 5 heterocycles. The molecule has 374 valence electrons. The topological polar surface area (TPSA) is 170 Å². The van der Waals surface area contributed by atoms with Gasteiger partial charge in [0.25, 0.3) is 5.91 Å². The van der Waals surface area contributed by atoms with Gasteiger partial charge in [0.15, 0.2) is 11.5 Å². The second kappa shape index (κ2) is 20.7. The maximum absolute atomic E-state index is 14.1. The number of nitrogens with two attached hydrogens (primary N) is 2. The molecule has 0 saturated heterocycles. The number of carbonyl (C=O) groups is 1. The Morgan fingerprint density at radius 1 is 0.718 bits per heavy atom. The normalized spacial score (nSPS) is 15.5. The van der Waals surface area contributed by atoms with E-state index in [2.05, 4.69) is 38.6 Å². The monoisotopic (exact) mass is 981 g/mol. The highest BCUT2D eigenvalue weighted by molar-refractivity contribution is 7.89. The van der Waals surface area contributed by atoms with Crippen molar-refractivity contribution in [2.24, 2.45) is 11.5 Å². The van der Waals surface area contributed by atoms with Gasteiger partial charge in [0.05, 0.1) is 30.3 Å². The van der Waals surface area contributed by atoms with Gasteiger partial charge in [-0.25, -0.2) is 17.7 Å². The molecule has 13 nitrogen and oxygen atoms in total. The molecule has 14 heteroatoms. The van der Waals surface area contributed by atoms with Crippen molar-refractivity contribution in [3.63, 3.8) is 0 Å². The van der Waals surface area contributed by atoms with Crippen molar-refractivity contribution in [2.45, 2.75) is 103 Å². The summed E-state index contributed by atoms with van der Waals surface area (Å²) in [6.45, 7) is 14.2. The van der Waals surface area contributed by atoms with Gasteiger partial charge in [0.2, 0.25) is 21.1 Å². The van der Waals surface area contributed by atoms with E-state index in [0.717, 1.165) is 128 Å². The summed E-state index contributed by atoms with van der Waals surface area (Å²) in [6, 6.07) is 17.5. The average molecular weight is 982 g/mol. The van der Waals surface area contributed by atoms with Crippen LogP contribution >= 0.6 is 0 Å². The maximum Gasteiger partial charge on any atom is 0.255 e. The Morgan fingerprint density at radius 2 is 1.38 bits per heavy atom. The molecule has 0 bridgehead atoms. The lowest BCUT2D eigenvalue weighted by Crippen LogP contribution is -2.45. The average Bonchev–Trinajstić information content (AvgIpc) is 3.36. The Labute approximate surface area is 418 Å². The van der Waals surface area contributed by atoms with Crippen LogP contribution in [-0.2, 0) is 35.7 Å². The van der Waals surface area contributed by atoms with Crippen LogP contribution in [0, 0.1) is 27.7 Å². The molecule has 0 atom stereocenters. The van der Waals surface area contributed by atoms with Crippen molar-refractivity contribution in [3.05, 3.63) is 126 Å². The number of rotatable bonds is 18. The van der Waals surface area contributed by atoms with Crippen LogP contribution in [0.3, 0.4) is 0 Å². The molecule has 1 amide bonds. The summed E-state index contributed by atoms with van der Waals surface area (Å²) in [5.74, 6) is 2.62. The highest BCUT2D eigenvalue weighted by Gasteiger charge is 2.36. The van der Waals surface area contributed by atoms with Crippen LogP contribution < -0.4 is 60.5 Å². The lowest BCUT2D eigenvalue weighted by Gasteiger charge is -2.39. The number of aryl methyl sites for hydroxylation is 5. The number of carbonyl (C=O) groups excluding carboxylic acids is 1. The molecule has 5 aromatic rings. The van der Waals surface area contributed by atoms with E-state index in [1.165, 1.54) is 38.9 Å². The van der Waals surface area contributed by atoms with E-state index in [-0.39, 0.29) is 24.0 Å². The van der Waals surface area contributed by atoms with Crippen molar-refractivity contribution in [1.29, 1.82) is 0 Å². The van der Waals surface area contributed by atoms with Crippen LogP contribution in [0.4, 0.5) is 11.4 Å². The van der Waals surface area contributed by atoms with Gasteiger partial charge in [-0.1, -0.05) is 6.07 Å². The summed E-state index contributed by atoms with van der Waals surface area (Å²) >= 11 is 0. The van der Waals surface area contributed by atoms with Crippen LogP contribution in [-0.4, -0.2) is 80.0 Å². The van der Waals surface area contributed by atoms with E-state index < -0.39 is 10.0 Å². The molecule has 0 fully saturated rings. The van der Waals surface area contributed by atoms with E-state index in [0.29, 0.717) is 74.1 Å². The first-order valence-electron chi connectivity index (χ1n) is 25.8. The predicted octanol–water partition coefficient (Wildman–Crippen LogP) is 6.81. The van der Waals surface area contributed by atoms with Crippen molar-refractivity contribution < 1.29 is 32.2 Å². The van der Waals surface area contributed by atoms with Crippen molar-refractivity contribution >= 4 is 32.9 Å². The minimum atomic E-state index is -3.91. The number of nitrogens with one attached hydrogen (secondary N) is 2. The zero-order valence-corrected chi connectivity index (χ0v) is 42.7. The number of amides is 1. The molecular formula is C57H69N6O7S+. The molecule has 5 aliphatic heterocycles. The quantitative estimate of drug-likeness (QED) is 0.0530. The number of hydrogen-bond acceptors (Lipinski definition) is 10. The Hall–Kier alpha value is -5.93. The summed E-state index contributed by atoms with van der Waals surface area (Å²) in [5, 5.41) is 5.52. The smallest absolute Gasteiger partial charge is 0.255 e.